The van der Waals surface area contributed by atoms with Crippen LogP contribution in [0.1, 0.15) is 23.0 Å². The van der Waals surface area contributed by atoms with Crippen LogP contribution in [0, 0.1) is 6.92 Å². The fourth-order valence-electron chi connectivity index (χ4n) is 4.81. The van der Waals surface area contributed by atoms with Gasteiger partial charge < -0.3 is 23.8 Å². The number of ketones is 1. The molecule has 0 bridgehead atoms. The van der Waals surface area contributed by atoms with Gasteiger partial charge in [0.1, 0.15) is 18.0 Å². The van der Waals surface area contributed by atoms with E-state index >= 15 is 0 Å². The number of benzene rings is 2. The summed E-state index contributed by atoms with van der Waals surface area (Å²) in [5.41, 5.74) is 4.07. The highest BCUT2D eigenvalue weighted by Crippen LogP contribution is 2.29. The highest BCUT2D eigenvalue weighted by atomic mass is 16.5. The molecule has 6 nitrogen and oxygen atoms in total. The smallest absolute Gasteiger partial charge is 0.219 e. The summed E-state index contributed by atoms with van der Waals surface area (Å²) in [5, 5.41) is 0.979. The molecule has 1 aliphatic rings. The van der Waals surface area contributed by atoms with Crippen molar-refractivity contribution >= 4 is 22.4 Å². The number of nitrogens with zero attached hydrogens (tertiary/aromatic N) is 2. The summed E-state index contributed by atoms with van der Waals surface area (Å²) in [6.07, 6.45) is 0. The number of hydrogen-bond donors (Lipinski definition) is 1. The van der Waals surface area contributed by atoms with E-state index in [2.05, 4.69) is 28.5 Å². The normalized spacial score (nSPS) is 18.9. The van der Waals surface area contributed by atoms with Crippen molar-refractivity contribution in [2.75, 3.05) is 45.3 Å². The first-order chi connectivity index (χ1) is 14.9. The summed E-state index contributed by atoms with van der Waals surface area (Å²) in [4.78, 5) is 17.1. The number of hydrogen-bond acceptors (Lipinski definition) is 4. The van der Waals surface area contributed by atoms with Crippen LogP contribution in [0.2, 0.25) is 0 Å². The zero-order chi connectivity index (χ0) is 22.1. The number of aryl methyl sites for hydroxylation is 1. The van der Waals surface area contributed by atoms with Gasteiger partial charge in [0.05, 0.1) is 45.5 Å². The molecule has 1 aliphatic heterocycles. The summed E-state index contributed by atoms with van der Waals surface area (Å²) < 4.78 is 12.9. The number of aromatic nitrogens is 1. The largest absolute Gasteiger partial charge is 0.497 e. The number of Topliss-reactive ketones (excluding diaryl/α,β-unsaturated/α-hetero) is 1. The lowest BCUT2D eigenvalue weighted by atomic mass is 10.0. The predicted octanol–water partition coefficient (Wildman–Crippen LogP) is 2.48. The molecule has 1 aromatic heterocycles. The zero-order valence-corrected chi connectivity index (χ0v) is 19.1. The van der Waals surface area contributed by atoms with Gasteiger partial charge in [0.2, 0.25) is 5.78 Å². The van der Waals surface area contributed by atoms with E-state index in [1.54, 1.807) is 14.2 Å². The molecule has 1 fully saturated rings. The van der Waals surface area contributed by atoms with E-state index in [4.69, 9.17) is 9.47 Å². The topological polar surface area (TPSA) is 48.1 Å². The molecule has 164 valence electrons. The minimum atomic E-state index is 0.202. The minimum Gasteiger partial charge on any atom is -0.497 e. The first kappa shape index (κ1) is 21.2. The lowest BCUT2D eigenvalue weighted by Gasteiger charge is -2.38. The molecular formula is C25H32N3O3+. The molecule has 6 heteroatoms. The second-order valence-corrected chi connectivity index (χ2v) is 8.45. The molecule has 4 rings (SSSR count). The molecule has 2 aromatic carbocycles. The maximum atomic E-state index is 13.4. The van der Waals surface area contributed by atoms with Crippen molar-refractivity contribution in [2.45, 2.75) is 19.9 Å². The predicted molar refractivity (Wildman–Crippen MR) is 124 cm³/mol. The molecule has 0 saturated carbocycles. The summed E-state index contributed by atoms with van der Waals surface area (Å²) in [7, 11) is 5.37. The average molecular weight is 423 g/mol. The van der Waals surface area contributed by atoms with Crippen LogP contribution in [-0.2, 0) is 7.05 Å². The van der Waals surface area contributed by atoms with Crippen LogP contribution < -0.4 is 19.3 Å². The first-order valence-electron chi connectivity index (χ1n) is 10.8. The molecule has 2 atom stereocenters. The van der Waals surface area contributed by atoms with Crippen LogP contribution in [0.5, 0.6) is 11.5 Å². The molecule has 0 amide bonds. The second kappa shape index (κ2) is 8.63. The Morgan fingerprint density at radius 1 is 1.13 bits per heavy atom. The van der Waals surface area contributed by atoms with E-state index in [-0.39, 0.29) is 5.78 Å². The van der Waals surface area contributed by atoms with Crippen LogP contribution in [0.3, 0.4) is 0 Å². The van der Waals surface area contributed by atoms with Gasteiger partial charge in [-0.1, -0.05) is 6.07 Å². The van der Waals surface area contributed by atoms with Gasteiger partial charge in [0.15, 0.2) is 0 Å². The van der Waals surface area contributed by atoms with E-state index in [1.807, 2.05) is 44.3 Å². The molecule has 3 aromatic rings. The minimum absolute atomic E-state index is 0.202. The monoisotopic (exact) mass is 422 g/mol. The van der Waals surface area contributed by atoms with Gasteiger partial charge in [-0.05, 0) is 44.2 Å². The number of methoxy groups -OCH3 is 2. The quantitative estimate of drug-likeness (QED) is 0.620. The number of fused-ring (bicyclic) bond motifs is 1. The third-order valence-electron chi connectivity index (χ3n) is 6.60. The molecule has 1 unspecified atom stereocenters. The summed E-state index contributed by atoms with van der Waals surface area (Å²) >= 11 is 0. The van der Waals surface area contributed by atoms with Crippen molar-refractivity contribution in [1.82, 2.24) is 4.57 Å². The lowest BCUT2D eigenvalue weighted by molar-refractivity contribution is -0.894. The number of rotatable bonds is 6. The third kappa shape index (κ3) is 4.00. The molecule has 1 N–H and O–H groups in total. The Labute approximate surface area is 184 Å². The van der Waals surface area contributed by atoms with Crippen molar-refractivity contribution in [1.29, 1.82) is 0 Å². The Balaban J connectivity index is 1.51. The Morgan fingerprint density at radius 2 is 1.87 bits per heavy atom. The highest BCUT2D eigenvalue weighted by Gasteiger charge is 2.30. The number of carbonyl (C=O) groups is 1. The van der Waals surface area contributed by atoms with Crippen molar-refractivity contribution < 1.29 is 19.2 Å². The molecule has 2 heterocycles. The highest BCUT2D eigenvalue weighted by molar-refractivity contribution is 6.10. The van der Waals surface area contributed by atoms with E-state index < -0.39 is 0 Å². The number of anilines is 1. The molecule has 31 heavy (non-hydrogen) atoms. The number of nitrogens with one attached hydrogen (secondary N) is 1. The number of quaternary nitrogens is 1. The van der Waals surface area contributed by atoms with Crippen LogP contribution in [0.4, 0.5) is 5.69 Å². The van der Waals surface area contributed by atoms with Crippen LogP contribution in [0.15, 0.2) is 42.5 Å². The fraction of sp³-hybridized carbons (Fsp3) is 0.400. The van der Waals surface area contributed by atoms with E-state index in [1.165, 1.54) is 10.6 Å². The zero-order valence-electron chi connectivity index (χ0n) is 19.1. The van der Waals surface area contributed by atoms with Crippen molar-refractivity contribution in [2.24, 2.45) is 7.05 Å². The number of carbonyl (C=O) groups excluding carboxylic acids is 1. The van der Waals surface area contributed by atoms with Gasteiger partial charge in [0, 0.05) is 35.4 Å². The standard InChI is InChI=1S/C25H31N3O3/c1-17-15-27(11-12-28(17)19-7-6-8-20(13-19)30-4)16-24(29)25-18(2)26(3)23-10-9-21(31-5)14-22(23)25/h6-10,13-14,17H,11-12,15-16H2,1-5H3/p+1/t17-/m1/s1. The lowest BCUT2D eigenvalue weighted by Crippen LogP contribution is -3.16. The van der Waals surface area contributed by atoms with E-state index in [9.17, 15) is 4.79 Å². The summed E-state index contributed by atoms with van der Waals surface area (Å²) in [5.74, 6) is 1.85. The Bertz CT molecular complexity index is 1100. The number of piperazine rings is 1. The van der Waals surface area contributed by atoms with E-state index in [0.29, 0.717) is 12.6 Å². The van der Waals surface area contributed by atoms with Gasteiger partial charge >= 0.3 is 0 Å². The van der Waals surface area contributed by atoms with Crippen molar-refractivity contribution in [3.05, 3.63) is 53.7 Å². The third-order valence-corrected chi connectivity index (χ3v) is 6.60. The van der Waals surface area contributed by atoms with Crippen molar-refractivity contribution in [3.63, 3.8) is 0 Å². The molecule has 0 radical (unpaired) electrons. The molecule has 1 saturated heterocycles. The van der Waals surface area contributed by atoms with Gasteiger partial charge in [-0.3, -0.25) is 4.79 Å². The molecule has 0 spiro atoms. The maximum Gasteiger partial charge on any atom is 0.219 e. The van der Waals surface area contributed by atoms with Crippen LogP contribution >= 0.6 is 0 Å². The van der Waals surface area contributed by atoms with Crippen molar-refractivity contribution in [3.8, 4) is 11.5 Å². The summed E-state index contributed by atoms with van der Waals surface area (Å²) in [6.45, 7) is 7.54. The Morgan fingerprint density at radius 3 is 2.58 bits per heavy atom. The Kier molecular flexibility index (Phi) is 5.92. The SMILES string of the molecule is COc1cccc(N2CC[NH+](CC(=O)c3c(C)n(C)c4ccc(OC)cc34)C[C@H]2C)c1. The second-order valence-electron chi connectivity index (χ2n) is 8.45. The van der Waals surface area contributed by atoms with Crippen LogP contribution in [0.25, 0.3) is 10.9 Å². The van der Waals surface area contributed by atoms with Crippen LogP contribution in [-0.4, -0.2) is 56.8 Å². The van der Waals surface area contributed by atoms with Gasteiger partial charge in [-0.15, -0.1) is 0 Å². The van der Waals surface area contributed by atoms with Gasteiger partial charge in [0.25, 0.3) is 0 Å². The fourth-order valence-corrected chi connectivity index (χ4v) is 4.81. The average Bonchev–Trinajstić information content (AvgIpc) is 3.03. The first-order valence-corrected chi connectivity index (χ1v) is 10.8. The Hall–Kier alpha value is -2.99. The van der Waals surface area contributed by atoms with E-state index in [0.717, 1.165) is 53.3 Å². The molecular weight excluding hydrogens is 390 g/mol. The maximum absolute atomic E-state index is 13.4. The van der Waals surface area contributed by atoms with Gasteiger partial charge in [-0.25, -0.2) is 0 Å². The summed E-state index contributed by atoms with van der Waals surface area (Å²) in [6, 6.07) is 14.5. The number of ether oxygens (including phenoxy) is 2. The molecule has 0 aliphatic carbocycles. The van der Waals surface area contributed by atoms with Gasteiger partial charge in [-0.2, -0.15) is 0 Å².